The van der Waals surface area contributed by atoms with Crippen molar-refractivity contribution in [3.05, 3.63) is 47.2 Å². The largest absolute Gasteiger partial charge is 0.497 e. The molecular weight excluding hydrogens is 370 g/mol. The number of aryl methyl sites for hydroxylation is 1. The van der Waals surface area contributed by atoms with Gasteiger partial charge < -0.3 is 24.8 Å². The molecule has 0 fully saturated rings. The molecule has 1 amide bonds. The molecule has 156 valence electrons. The van der Waals surface area contributed by atoms with Crippen LogP contribution in [0.4, 0.5) is 10.6 Å². The highest BCUT2D eigenvalue weighted by Gasteiger charge is 2.27. The van der Waals surface area contributed by atoms with Crippen molar-refractivity contribution < 1.29 is 19.0 Å². The molecule has 0 bridgehead atoms. The number of nitrogens with zero attached hydrogens (tertiary/aromatic N) is 1. The fraction of sp³-hybridized carbons (Fsp3) is 0.455. The summed E-state index contributed by atoms with van der Waals surface area (Å²) in [4.78, 5) is 16.6. The Labute approximate surface area is 171 Å². The molecule has 1 atom stereocenters. The number of alkyl carbamates (subject to hydrolysis) is 1. The number of amides is 1. The summed E-state index contributed by atoms with van der Waals surface area (Å²) < 4.78 is 16.0. The number of carbonyl (C=O) groups is 1. The van der Waals surface area contributed by atoms with Gasteiger partial charge in [-0.25, -0.2) is 9.78 Å². The van der Waals surface area contributed by atoms with Crippen LogP contribution in [0.2, 0.25) is 0 Å². The monoisotopic (exact) mass is 399 g/mol. The molecule has 0 saturated carbocycles. The van der Waals surface area contributed by atoms with Crippen molar-refractivity contribution in [3.8, 4) is 11.5 Å². The lowest BCUT2D eigenvalue weighted by Gasteiger charge is -2.22. The van der Waals surface area contributed by atoms with Gasteiger partial charge in [-0.2, -0.15) is 0 Å². The van der Waals surface area contributed by atoms with Gasteiger partial charge in [0.15, 0.2) is 0 Å². The molecular formula is C22H29N3O4. The third-order valence-corrected chi connectivity index (χ3v) is 4.75. The number of anilines is 1. The molecule has 7 heteroatoms. The summed E-state index contributed by atoms with van der Waals surface area (Å²) >= 11 is 0. The second-order valence-electron chi connectivity index (χ2n) is 8.04. The first-order valence-electron chi connectivity index (χ1n) is 9.72. The van der Waals surface area contributed by atoms with Crippen LogP contribution in [0.3, 0.4) is 0 Å². The number of nitrogens with one attached hydrogen (secondary N) is 2. The van der Waals surface area contributed by atoms with Crippen LogP contribution in [-0.4, -0.2) is 30.9 Å². The molecule has 2 N–H and O–H groups in total. The molecule has 7 nitrogen and oxygen atoms in total. The Morgan fingerprint density at radius 2 is 2.00 bits per heavy atom. The summed E-state index contributed by atoms with van der Waals surface area (Å²) in [6.07, 6.45) is 3.16. The molecule has 1 aliphatic rings. The van der Waals surface area contributed by atoms with E-state index in [4.69, 9.17) is 14.2 Å². The first-order valence-corrected chi connectivity index (χ1v) is 9.72. The van der Waals surface area contributed by atoms with E-state index in [-0.39, 0.29) is 6.04 Å². The average molecular weight is 399 g/mol. The Hall–Kier alpha value is -2.96. The summed E-state index contributed by atoms with van der Waals surface area (Å²) in [5, 5.41) is 6.29. The van der Waals surface area contributed by atoms with Gasteiger partial charge in [0.1, 0.15) is 22.9 Å². The molecule has 1 aliphatic carbocycles. The average Bonchev–Trinajstić information content (AvgIpc) is 3.06. The van der Waals surface area contributed by atoms with Crippen LogP contribution in [0.15, 0.2) is 30.5 Å². The Bertz CT molecular complexity index is 877. The smallest absolute Gasteiger partial charge is 0.408 e. The number of hydrogen-bond donors (Lipinski definition) is 2. The van der Waals surface area contributed by atoms with Crippen LogP contribution in [0.25, 0.3) is 0 Å². The fourth-order valence-electron chi connectivity index (χ4n) is 3.37. The SMILES string of the molecule is COc1ccc(CNc2cc3c(cn2)C(NC(=O)OC(C)(C)C)CC3)c(OC)c1. The number of benzene rings is 1. The van der Waals surface area contributed by atoms with E-state index in [1.54, 1.807) is 14.2 Å². The lowest BCUT2D eigenvalue weighted by Crippen LogP contribution is -2.34. The Kier molecular flexibility index (Phi) is 6.15. The first-order chi connectivity index (χ1) is 13.8. The molecule has 0 radical (unpaired) electrons. The number of aromatic nitrogens is 1. The Balaban J connectivity index is 1.64. The zero-order valence-corrected chi connectivity index (χ0v) is 17.7. The molecule has 29 heavy (non-hydrogen) atoms. The number of rotatable bonds is 6. The summed E-state index contributed by atoms with van der Waals surface area (Å²) in [5.41, 5.74) is 2.73. The summed E-state index contributed by atoms with van der Waals surface area (Å²) in [7, 11) is 3.27. The molecule has 1 heterocycles. The highest BCUT2D eigenvalue weighted by molar-refractivity contribution is 5.68. The summed E-state index contributed by atoms with van der Waals surface area (Å²) in [5.74, 6) is 2.31. The van der Waals surface area contributed by atoms with Crippen molar-refractivity contribution in [3.63, 3.8) is 0 Å². The fourth-order valence-corrected chi connectivity index (χ4v) is 3.37. The normalized spacial score (nSPS) is 15.4. The van der Waals surface area contributed by atoms with Gasteiger partial charge >= 0.3 is 6.09 Å². The van der Waals surface area contributed by atoms with E-state index in [9.17, 15) is 4.79 Å². The van der Waals surface area contributed by atoms with E-state index in [0.29, 0.717) is 6.54 Å². The maximum Gasteiger partial charge on any atom is 0.408 e. The van der Waals surface area contributed by atoms with Crippen molar-refractivity contribution in [1.82, 2.24) is 10.3 Å². The molecule has 2 aromatic rings. The van der Waals surface area contributed by atoms with Gasteiger partial charge in [-0.05, 0) is 62.9 Å². The third kappa shape index (κ3) is 5.31. The maximum absolute atomic E-state index is 12.1. The van der Waals surface area contributed by atoms with Crippen molar-refractivity contribution in [1.29, 1.82) is 0 Å². The Morgan fingerprint density at radius 3 is 2.69 bits per heavy atom. The van der Waals surface area contributed by atoms with Gasteiger partial charge in [-0.3, -0.25) is 0 Å². The molecule has 1 aromatic carbocycles. The van der Waals surface area contributed by atoms with Crippen LogP contribution in [0.1, 0.15) is 49.9 Å². The van der Waals surface area contributed by atoms with Crippen LogP contribution in [0, 0.1) is 0 Å². The third-order valence-electron chi connectivity index (χ3n) is 4.75. The zero-order chi connectivity index (χ0) is 21.0. The van der Waals surface area contributed by atoms with E-state index < -0.39 is 11.7 Å². The predicted molar refractivity (Wildman–Crippen MR) is 112 cm³/mol. The van der Waals surface area contributed by atoms with Gasteiger partial charge in [-0.1, -0.05) is 0 Å². The number of hydrogen-bond acceptors (Lipinski definition) is 6. The maximum atomic E-state index is 12.1. The highest BCUT2D eigenvalue weighted by atomic mass is 16.6. The topological polar surface area (TPSA) is 81.7 Å². The number of pyridine rings is 1. The van der Waals surface area contributed by atoms with E-state index in [2.05, 4.69) is 15.6 Å². The molecule has 1 aromatic heterocycles. The van der Waals surface area contributed by atoms with Crippen molar-refractivity contribution in [2.75, 3.05) is 19.5 Å². The van der Waals surface area contributed by atoms with Crippen molar-refractivity contribution in [2.24, 2.45) is 0 Å². The predicted octanol–water partition coefficient (Wildman–Crippen LogP) is 4.22. The first kappa shape index (κ1) is 20.8. The number of methoxy groups -OCH3 is 2. The van der Waals surface area contributed by atoms with Crippen LogP contribution < -0.4 is 20.1 Å². The zero-order valence-electron chi connectivity index (χ0n) is 17.7. The van der Waals surface area contributed by atoms with E-state index in [0.717, 1.165) is 41.3 Å². The summed E-state index contributed by atoms with van der Waals surface area (Å²) in [6.45, 7) is 6.14. The number of ether oxygens (including phenoxy) is 3. The molecule has 3 rings (SSSR count). The lowest BCUT2D eigenvalue weighted by molar-refractivity contribution is 0.0503. The second-order valence-corrected chi connectivity index (χ2v) is 8.04. The van der Waals surface area contributed by atoms with Crippen LogP contribution >= 0.6 is 0 Å². The van der Waals surface area contributed by atoms with Crippen molar-refractivity contribution in [2.45, 2.75) is 51.8 Å². The summed E-state index contributed by atoms with van der Waals surface area (Å²) in [6, 6.07) is 7.71. The van der Waals surface area contributed by atoms with Crippen LogP contribution in [-0.2, 0) is 17.7 Å². The minimum atomic E-state index is -0.514. The van der Waals surface area contributed by atoms with E-state index >= 15 is 0 Å². The van der Waals surface area contributed by atoms with Crippen LogP contribution in [0.5, 0.6) is 11.5 Å². The molecule has 0 spiro atoms. The highest BCUT2D eigenvalue weighted by Crippen LogP contribution is 2.32. The van der Waals surface area contributed by atoms with E-state index in [1.807, 2.05) is 51.2 Å². The minimum absolute atomic E-state index is 0.0666. The Morgan fingerprint density at radius 1 is 1.21 bits per heavy atom. The second kappa shape index (κ2) is 8.59. The molecule has 0 saturated heterocycles. The van der Waals surface area contributed by atoms with Gasteiger partial charge in [0, 0.05) is 24.4 Å². The molecule has 0 aliphatic heterocycles. The quantitative estimate of drug-likeness (QED) is 0.757. The minimum Gasteiger partial charge on any atom is -0.497 e. The van der Waals surface area contributed by atoms with Gasteiger partial charge in [-0.15, -0.1) is 0 Å². The van der Waals surface area contributed by atoms with Gasteiger partial charge in [0.05, 0.1) is 20.3 Å². The standard InChI is InChI=1S/C22H29N3O4/c1-22(2,3)29-21(26)25-18-9-7-14-10-20(24-13-17(14)18)23-12-15-6-8-16(27-4)11-19(15)28-5/h6,8,10-11,13,18H,7,9,12H2,1-5H3,(H,23,24)(H,25,26). The molecule has 1 unspecified atom stereocenters. The van der Waals surface area contributed by atoms with Crippen molar-refractivity contribution >= 4 is 11.9 Å². The van der Waals surface area contributed by atoms with Gasteiger partial charge in [0.25, 0.3) is 0 Å². The number of fused-ring (bicyclic) bond motifs is 1. The van der Waals surface area contributed by atoms with Gasteiger partial charge in [0.2, 0.25) is 0 Å². The van der Waals surface area contributed by atoms with E-state index in [1.165, 1.54) is 5.56 Å². The lowest BCUT2D eigenvalue weighted by atomic mass is 10.1. The number of carbonyl (C=O) groups excluding carboxylic acids is 1.